The Morgan fingerprint density at radius 3 is 2.86 bits per heavy atom. The molecule has 3 fully saturated rings. The van der Waals surface area contributed by atoms with Crippen LogP contribution in [0.15, 0.2) is 4.52 Å². The van der Waals surface area contributed by atoms with Crippen LogP contribution in [0.2, 0.25) is 0 Å². The van der Waals surface area contributed by atoms with Gasteiger partial charge in [-0.1, -0.05) is 5.16 Å². The quantitative estimate of drug-likeness (QED) is 0.428. The number of rotatable bonds is 6. The number of hydrogen-bond acceptors (Lipinski definition) is 13. The smallest absolute Gasteiger partial charge is 0.321 e. The molecule has 4 atom stereocenters. The van der Waals surface area contributed by atoms with Gasteiger partial charge in [0.2, 0.25) is 23.5 Å². The first-order chi connectivity index (χ1) is 20.3. The van der Waals surface area contributed by atoms with Crippen LogP contribution < -0.4 is 21.1 Å². The van der Waals surface area contributed by atoms with Gasteiger partial charge < -0.3 is 25.6 Å². The number of aryl methyl sites for hydroxylation is 1. The number of nitrogen functional groups attached to an aromatic ring is 1. The molecule has 0 radical (unpaired) electrons. The fourth-order valence-corrected chi connectivity index (χ4v) is 8.53. The van der Waals surface area contributed by atoms with E-state index in [0.717, 1.165) is 68.5 Å². The molecule has 0 aromatic carbocycles. The Labute approximate surface area is 247 Å². The minimum absolute atomic E-state index is 0.0128. The lowest BCUT2D eigenvalue weighted by Gasteiger charge is -2.32. The number of nitrogens with two attached hydrogens (primary N) is 2. The normalized spacial score (nSPS) is 29.3. The monoisotopic (exact) mass is 594 g/mol. The highest BCUT2D eigenvalue weighted by Gasteiger charge is 2.49. The van der Waals surface area contributed by atoms with Gasteiger partial charge in [-0.15, -0.1) is 11.3 Å². The Balaban J connectivity index is 1.23. The predicted octanol–water partition coefficient (Wildman–Crippen LogP) is 2.96. The molecule has 42 heavy (non-hydrogen) atoms. The molecule has 222 valence electrons. The third kappa shape index (κ3) is 4.58. The molecule has 1 aliphatic carbocycles. The topological polar surface area (TPSA) is 169 Å². The van der Waals surface area contributed by atoms with Crippen LogP contribution in [-0.2, 0) is 11.8 Å². The molecule has 0 unspecified atom stereocenters. The van der Waals surface area contributed by atoms with Crippen LogP contribution >= 0.6 is 11.3 Å². The van der Waals surface area contributed by atoms with Crippen molar-refractivity contribution in [3.8, 4) is 23.7 Å². The van der Waals surface area contributed by atoms with Crippen LogP contribution in [0.3, 0.4) is 0 Å². The molecule has 0 saturated carbocycles. The molecule has 4 aliphatic rings. The van der Waals surface area contributed by atoms with Crippen molar-refractivity contribution in [2.24, 2.45) is 5.73 Å². The summed E-state index contributed by atoms with van der Waals surface area (Å²) in [6, 6.07) is 2.44. The Bertz CT molecular complexity index is 1540. The highest BCUT2D eigenvalue weighted by atomic mass is 32.1. The Kier molecular flexibility index (Phi) is 6.79. The molecule has 3 aliphatic heterocycles. The number of alkyl halides is 1. The SMILES string of the molecule is C[C@]1(c2nc(-c3nc(OC[C@@]45CCCN4C[C@H](F)C5)nc(N4CCC[C@H](N)C4)n3)no2)CCCc2sc(N)c(C#N)c21. The number of fused-ring (bicyclic) bond motifs is 2. The van der Waals surface area contributed by atoms with E-state index in [1.807, 2.05) is 11.8 Å². The standard InChI is InChI=1S/C28H35FN10O2S/c1-27(7-2-6-19-20(27)18(12-30)21(32)42-19)24-33-23(37-41-24)22-34-25(38-9-3-5-17(31)14-38)36-26(35-22)40-15-28-8-4-10-39(28)13-16(29)11-28/h16-17H,2-11,13-15,31-32H2,1H3/t16-,17+,27+,28+/m1/s1. The molecule has 6 heterocycles. The second kappa shape index (κ2) is 10.4. The molecule has 12 nitrogen and oxygen atoms in total. The summed E-state index contributed by atoms with van der Waals surface area (Å²) in [5.74, 6) is 1.26. The molecule has 0 amide bonds. The van der Waals surface area contributed by atoms with E-state index < -0.39 is 11.6 Å². The highest BCUT2D eigenvalue weighted by molar-refractivity contribution is 7.16. The molecule has 3 aromatic rings. The number of ether oxygens (including phenoxy) is 1. The Hall–Kier alpha value is -3.41. The zero-order valence-corrected chi connectivity index (χ0v) is 24.5. The molecule has 3 saturated heterocycles. The van der Waals surface area contributed by atoms with Crippen LogP contribution in [0.1, 0.15) is 73.8 Å². The summed E-state index contributed by atoms with van der Waals surface area (Å²) in [7, 11) is 0. The van der Waals surface area contributed by atoms with Crippen LogP contribution in [0.25, 0.3) is 11.6 Å². The number of thiophene rings is 1. The minimum atomic E-state index is -0.854. The first-order valence-corrected chi connectivity index (χ1v) is 15.5. The molecule has 7 rings (SSSR count). The van der Waals surface area contributed by atoms with E-state index in [0.29, 0.717) is 48.5 Å². The minimum Gasteiger partial charge on any atom is -0.461 e. The van der Waals surface area contributed by atoms with Crippen molar-refractivity contribution in [1.82, 2.24) is 30.0 Å². The van der Waals surface area contributed by atoms with Gasteiger partial charge in [0.25, 0.3) is 0 Å². The zero-order chi connectivity index (χ0) is 29.1. The summed E-state index contributed by atoms with van der Waals surface area (Å²) < 4.78 is 26.4. The summed E-state index contributed by atoms with van der Waals surface area (Å²) in [4.78, 5) is 24.1. The molecule has 0 spiro atoms. The van der Waals surface area contributed by atoms with E-state index in [2.05, 4.69) is 26.1 Å². The van der Waals surface area contributed by atoms with Crippen molar-refractivity contribution in [1.29, 1.82) is 5.26 Å². The van der Waals surface area contributed by atoms with Crippen LogP contribution in [-0.4, -0.2) is 80.5 Å². The van der Waals surface area contributed by atoms with E-state index in [4.69, 9.17) is 30.7 Å². The van der Waals surface area contributed by atoms with Gasteiger partial charge in [-0.2, -0.15) is 25.2 Å². The fraction of sp³-hybridized carbons (Fsp3) is 0.643. The molecule has 4 N–H and O–H groups in total. The van der Waals surface area contributed by atoms with Gasteiger partial charge in [0.15, 0.2) is 0 Å². The van der Waals surface area contributed by atoms with Crippen LogP contribution in [0.4, 0.5) is 15.3 Å². The van der Waals surface area contributed by atoms with Gasteiger partial charge in [0.05, 0.1) is 16.5 Å². The maximum atomic E-state index is 14.4. The lowest BCUT2D eigenvalue weighted by molar-refractivity contribution is 0.107. The highest BCUT2D eigenvalue weighted by Crippen LogP contribution is 2.48. The van der Waals surface area contributed by atoms with E-state index in [1.165, 1.54) is 11.3 Å². The van der Waals surface area contributed by atoms with Gasteiger partial charge >= 0.3 is 6.01 Å². The molecule has 14 heteroatoms. The van der Waals surface area contributed by atoms with E-state index in [1.54, 1.807) is 0 Å². The average molecular weight is 595 g/mol. The second-order valence-electron chi connectivity index (χ2n) is 12.3. The van der Waals surface area contributed by atoms with Crippen molar-refractivity contribution < 1.29 is 13.7 Å². The Morgan fingerprint density at radius 2 is 2.02 bits per heavy atom. The first kappa shape index (κ1) is 27.4. The predicted molar refractivity (Wildman–Crippen MR) is 154 cm³/mol. The largest absolute Gasteiger partial charge is 0.461 e. The van der Waals surface area contributed by atoms with Gasteiger partial charge in [0.1, 0.15) is 23.8 Å². The maximum absolute atomic E-state index is 14.4. The van der Waals surface area contributed by atoms with Gasteiger partial charge in [-0.05, 0) is 58.4 Å². The van der Waals surface area contributed by atoms with Gasteiger partial charge in [0, 0.05) is 42.5 Å². The molecular formula is C28H35FN10O2S. The maximum Gasteiger partial charge on any atom is 0.321 e. The van der Waals surface area contributed by atoms with Crippen LogP contribution in [0, 0.1) is 11.3 Å². The summed E-state index contributed by atoms with van der Waals surface area (Å²) in [5.41, 5.74) is 12.8. The zero-order valence-electron chi connectivity index (χ0n) is 23.7. The summed E-state index contributed by atoms with van der Waals surface area (Å²) in [6.07, 6.45) is 5.87. The third-order valence-electron chi connectivity index (χ3n) is 9.43. The van der Waals surface area contributed by atoms with Crippen molar-refractivity contribution in [2.75, 3.05) is 43.4 Å². The third-order valence-corrected chi connectivity index (χ3v) is 10.5. The average Bonchev–Trinajstić information content (AvgIpc) is 3.74. The van der Waals surface area contributed by atoms with E-state index in [9.17, 15) is 9.65 Å². The summed E-state index contributed by atoms with van der Waals surface area (Å²) in [5, 5.41) is 14.7. The van der Waals surface area contributed by atoms with E-state index in [-0.39, 0.29) is 29.2 Å². The lowest BCUT2D eigenvalue weighted by Crippen LogP contribution is -2.44. The summed E-state index contributed by atoms with van der Waals surface area (Å²) in [6.45, 7) is 5.00. The van der Waals surface area contributed by atoms with Crippen LogP contribution in [0.5, 0.6) is 6.01 Å². The van der Waals surface area contributed by atoms with Crippen molar-refractivity contribution >= 4 is 22.3 Å². The number of nitrogens with zero attached hydrogens (tertiary/aromatic N) is 8. The summed E-state index contributed by atoms with van der Waals surface area (Å²) >= 11 is 1.46. The molecular weight excluding hydrogens is 559 g/mol. The molecule has 0 bridgehead atoms. The number of anilines is 2. The van der Waals surface area contributed by atoms with Crippen molar-refractivity contribution in [3.05, 3.63) is 21.9 Å². The Morgan fingerprint density at radius 1 is 1.14 bits per heavy atom. The number of nitriles is 1. The van der Waals surface area contributed by atoms with Gasteiger partial charge in [-0.3, -0.25) is 4.90 Å². The number of piperidine rings is 1. The first-order valence-electron chi connectivity index (χ1n) is 14.7. The number of halogens is 1. The molecule has 3 aromatic heterocycles. The lowest BCUT2D eigenvalue weighted by atomic mass is 9.72. The second-order valence-corrected chi connectivity index (χ2v) is 13.5. The van der Waals surface area contributed by atoms with Crippen molar-refractivity contribution in [2.45, 2.75) is 81.5 Å². The number of aromatic nitrogens is 5. The fourth-order valence-electron chi connectivity index (χ4n) is 7.34. The van der Waals surface area contributed by atoms with Gasteiger partial charge in [-0.25, -0.2) is 4.39 Å². The van der Waals surface area contributed by atoms with E-state index >= 15 is 0 Å². The van der Waals surface area contributed by atoms with Crippen molar-refractivity contribution in [3.63, 3.8) is 0 Å². The number of hydrogen-bond donors (Lipinski definition) is 2.